The Morgan fingerprint density at radius 1 is 1.47 bits per heavy atom. The van der Waals surface area contributed by atoms with Gasteiger partial charge in [0.1, 0.15) is 5.75 Å². The third-order valence-electron chi connectivity index (χ3n) is 2.59. The molecule has 0 N–H and O–H groups in total. The van der Waals surface area contributed by atoms with Crippen LogP contribution in [-0.4, -0.2) is 25.6 Å². The fourth-order valence-electron chi connectivity index (χ4n) is 1.53. The summed E-state index contributed by atoms with van der Waals surface area (Å²) in [5, 5.41) is 0. The van der Waals surface area contributed by atoms with Crippen molar-refractivity contribution in [1.29, 1.82) is 0 Å². The lowest BCUT2D eigenvalue weighted by atomic mass is 10.1. The Balaban J connectivity index is 2.90. The van der Waals surface area contributed by atoms with Crippen LogP contribution in [0.1, 0.15) is 18.5 Å². The van der Waals surface area contributed by atoms with E-state index in [0.29, 0.717) is 6.54 Å². The van der Waals surface area contributed by atoms with E-state index in [0.717, 1.165) is 11.3 Å². The van der Waals surface area contributed by atoms with Crippen molar-refractivity contribution < 1.29 is 4.74 Å². The van der Waals surface area contributed by atoms with Crippen LogP contribution in [0.5, 0.6) is 5.75 Å². The van der Waals surface area contributed by atoms with E-state index in [9.17, 15) is 0 Å². The summed E-state index contributed by atoms with van der Waals surface area (Å²) >= 11 is 0. The molecule has 1 rings (SSSR count). The minimum Gasteiger partial charge on any atom is -0.496 e. The molecule has 0 fully saturated rings. The minimum atomic E-state index is 0.261. The first-order valence-corrected chi connectivity index (χ1v) is 4.97. The molecule has 0 radical (unpaired) electrons. The average molecular weight is 203 g/mol. The highest BCUT2D eigenvalue weighted by Gasteiger charge is 2.14. The molecule has 0 aromatic heterocycles. The van der Waals surface area contributed by atoms with Crippen molar-refractivity contribution in [2.24, 2.45) is 0 Å². The highest BCUT2D eigenvalue weighted by molar-refractivity contribution is 5.35. The van der Waals surface area contributed by atoms with Crippen LogP contribution < -0.4 is 4.74 Å². The molecule has 1 aromatic rings. The second kappa shape index (κ2) is 5.43. The van der Waals surface area contributed by atoms with E-state index in [1.165, 1.54) is 0 Å². The number of methoxy groups -OCH3 is 1. The second-order valence-corrected chi connectivity index (χ2v) is 3.54. The van der Waals surface area contributed by atoms with Gasteiger partial charge in [-0.2, -0.15) is 0 Å². The summed E-state index contributed by atoms with van der Waals surface area (Å²) in [4.78, 5) is 2.11. The molecule has 0 heterocycles. The van der Waals surface area contributed by atoms with Gasteiger partial charge in [-0.3, -0.25) is 4.90 Å². The van der Waals surface area contributed by atoms with E-state index >= 15 is 0 Å². The molecule has 15 heavy (non-hydrogen) atoms. The van der Waals surface area contributed by atoms with Crippen LogP contribution in [0.2, 0.25) is 0 Å². The Hall–Kier alpha value is -1.46. The quantitative estimate of drug-likeness (QED) is 0.696. The third-order valence-corrected chi connectivity index (χ3v) is 2.59. The van der Waals surface area contributed by atoms with Crippen molar-refractivity contribution in [2.45, 2.75) is 13.0 Å². The van der Waals surface area contributed by atoms with Gasteiger partial charge in [0.05, 0.1) is 13.7 Å². The number of para-hydroxylation sites is 1. The number of terminal acetylenes is 1. The summed E-state index contributed by atoms with van der Waals surface area (Å²) in [6, 6.07) is 8.28. The van der Waals surface area contributed by atoms with E-state index in [4.69, 9.17) is 11.2 Å². The third kappa shape index (κ3) is 2.74. The first-order valence-electron chi connectivity index (χ1n) is 4.97. The van der Waals surface area contributed by atoms with Gasteiger partial charge in [-0.25, -0.2) is 0 Å². The standard InChI is InChI=1S/C13H17NO/c1-5-10-14(3)11(2)12-8-6-7-9-13(12)15-4/h1,6-9,11H,10H2,2-4H3/t11-/m1/s1. The van der Waals surface area contributed by atoms with Crippen LogP contribution in [0.4, 0.5) is 0 Å². The summed E-state index contributed by atoms with van der Waals surface area (Å²) in [7, 11) is 3.70. The molecule has 0 unspecified atom stereocenters. The molecule has 0 aliphatic heterocycles. The van der Waals surface area contributed by atoms with Gasteiger partial charge in [-0.15, -0.1) is 6.42 Å². The van der Waals surface area contributed by atoms with Crippen LogP contribution in [-0.2, 0) is 0 Å². The van der Waals surface area contributed by atoms with E-state index < -0.39 is 0 Å². The molecule has 0 spiro atoms. The zero-order valence-corrected chi connectivity index (χ0v) is 9.53. The Morgan fingerprint density at radius 2 is 2.13 bits per heavy atom. The highest BCUT2D eigenvalue weighted by atomic mass is 16.5. The van der Waals surface area contributed by atoms with Crippen LogP contribution in [0.25, 0.3) is 0 Å². The van der Waals surface area contributed by atoms with E-state index in [1.54, 1.807) is 7.11 Å². The molecule has 1 aromatic carbocycles. The average Bonchev–Trinajstić information content (AvgIpc) is 2.28. The summed E-state index contributed by atoms with van der Waals surface area (Å²) in [6.07, 6.45) is 5.29. The maximum atomic E-state index is 5.32. The van der Waals surface area contributed by atoms with Gasteiger partial charge >= 0.3 is 0 Å². The monoisotopic (exact) mass is 203 g/mol. The van der Waals surface area contributed by atoms with Crippen LogP contribution >= 0.6 is 0 Å². The Morgan fingerprint density at radius 3 is 2.73 bits per heavy atom. The van der Waals surface area contributed by atoms with Gasteiger partial charge in [0.15, 0.2) is 0 Å². The number of rotatable bonds is 4. The summed E-state index contributed by atoms with van der Waals surface area (Å²) in [5.41, 5.74) is 1.16. The lowest BCUT2D eigenvalue weighted by Gasteiger charge is -2.24. The minimum absolute atomic E-state index is 0.261. The molecule has 0 bridgehead atoms. The first kappa shape index (κ1) is 11.6. The maximum Gasteiger partial charge on any atom is 0.123 e. The van der Waals surface area contributed by atoms with Crippen LogP contribution in [0, 0.1) is 12.3 Å². The highest BCUT2D eigenvalue weighted by Crippen LogP contribution is 2.27. The summed E-state index contributed by atoms with van der Waals surface area (Å²) < 4.78 is 5.32. The van der Waals surface area contributed by atoms with E-state index in [1.807, 2.05) is 25.2 Å². The largest absolute Gasteiger partial charge is 0.496 e. The molecule has 2 nitrogen and oxygen atoms in total. The number of hydrogen-bond donors (Lipinski definition) is 0. The van der Waals surface area contributed by atoms with Crippen LogP contribution in [0.15, 0.2) is 24.3 Å². The zero-order chi connectivity index (χ0) is 11.3. The fourth-order valence-corrected chi connectivity index (χ4v) is 1.53. The normalized spacial score (nSPS) is 12.2. The molecular formula is C13H17NO. The number of hydrogen-bond acceptors (Lipinski definition) is 2. The lowest BCUT2D eigenvalue weighted by Crippen LogP contribution is -2.22. The van der Waals surface area contributed by atoms with Crippen molar-refractivity contribution in [3.8, 4) is 18.1 Å². The van der Waals surface area contributed by atoms with Crippen molar-refractivity contribution in [3.63, 3.8) is 0 Å². The number of nitrogens with zero attached hydrogens (tertiary/aromatic N) is 1. The summed E-state index contributed by atoms with van der Waals surface area (Å²) in [5.74, 6) is 3.55. The van der Waals surface area contributed by atoms with Gasteiger partial charge in [0.2, 0.25) is 0 Å². The second-order valence-electron chi connectivity index (χ2n) is 3.54. The Kier molecular flexibility index (Phi) is 4.20. The van der Waals surface area contributed by atoms with E-state index in [-0.39, 0.29) is 6.04 Å². The van der Waals surface area contributed by atoms with Gasteiger partial charge in [-0.05, 0) is 20.0 Å². The smallest absolute Gasteiger partial charge is 0.123 e. The zero-order valence-electron chi connectivity index (χ0n) is 9.53. The predicted octanol–water partition coefficient (Wildman–Crippen LogP) is 2.32. The topological polar surface area (TPSA) is 12.5 Å². The maximum absolute atomic E-state index is 5.32. The number of ether oxygens (including phenoxy) is 1. The fraction of sp³-hybridized carbons (Fsp3) is 0.385. The van der Waals surface area contributed by atoms with Crippen molar-refractivity contribution in [2.75, 3.05) is 20.7 Å². The Labute approximate surface area is 91.9 Å². The van der Waals surface area contributed by atoms with Crippen molar-refractivity contribution in [3.05, 3.63) is 29.8 Å². The van der Waals surface area contributed by atoms with Gasteiger partial charge in [-0.1, -0.05) is 24.1 Å². The molecule has 0 saturated carbocycles. The van der Waals surface area contributed by atoms with Gasteiger partial charge in [0, 0.05) is 11.6 Å². The van der Waals surface area contributed by atoms with Crippen molar-refractivity contribution >= 4 is 0 Å². The molecule has 80 valence electrons. The molecule has 0 aliphatic carbocycles. The Bertz CT molecular complexity index is 354. The van der Waals surface area contributed by atoms with E-state index in [2.05, 4.69) is 23.8 Å². The number of benzene rings is 1. The van der Waals surface area contributed by atoms with Crippen molar-refractivity contribution in [1.82, 2.24) is 4.90 Å². The molecule has 2 heteroatoms. The molecule has 0 amide bonds. The SMILES string of the molecule is C#CCN(C)[C@H](C)c1ccccc1OC. The first-order chi connectivity index (χ1) is 7.20. The molecular weight excluding hydrogens is 186 g/mol. The van der Waals surface area contributed by atoms with Crippen LogP contribution in [0.3, 0.4) is 0 Å². The molecule has 0 saturated heterocycles. The van der Waals surface area contributed by atoms with Gasteiger partial charge in [0.25, 0.3) is 0 Å². The summed E-state index contributed by atoms with van der Waals surface area (Å²) in [6.45, 7) is 2.76. The molecule has 0 aliphatic rings. The predicted molar refractivity (Wildman–Crippen MR) is 62.9 cm³/mol. The van der Waals surface area contributed by atoms with Gasteiger partial charge < -0.3 is 4.74 Å². The lowest BCUT2D eigenvalue weighted by molar-refractivity contribution is 0.285. The molecule has 1 atom stereocenters.